The van der Waals surface area contributed by atoms with Crippen molar-refractivity contribution in [3.63, 3.8) is 0 Å². The van der Waals surface area contributed by atoms with Gasteiger partial charge in [0.05, 0.1) is 0 Å². The third kappa shape index (κ3) is 3.01. The van der Waals surface area contributed by atoms with Crippen molar-refractivity contribution in [2.75, 3.05) is 11.9 Å². The van der Waals surface area contributed by atoms with Crippen LogP contribution in [0.15, 0.2) is 33.4 Å². The molecule has 0 unspecified atom stereocenters. The topological polar surface area (TPSA) is 59.2 Å². The van der Waals surface area contributed by atoms with E-state index in [9.17, 15) is 4.79 Å². The van der Waals surface area contributed by atoms with Gasteiger partial charge in [0.1, 0.15) is 11.6 Å². The first kappa shape index (κ1) is 13.7. The zero-order valence-electron chi connectivity index (χ0n) is 10.9. The van der Waals surface area contributed by atoms with Gasteiger partial charge in [-0.1, -0.05) is 19.0 Å². The van der Waals surface area contributed by atoms with Crippen LogP contribution in [0.3, 0.4) is 0 Å². The molecule has 0 radical (unpaired) electrons. The van der Waals surface area contributed by atoms with Crippen LogP contribution in [0.25, 0.3) is 0 Å². The van der Waals surface area contributed by atoms with Crippen LogP contribution < -0.4 is 4.90 Å². The number of pyridine rings is 1. The fourth-order valence-corrected chi connectivity index (χ4v) is 1.74. The molecule has 2 heterocycles. The van der Waals surface area contributed by atoms with Gasteiger partial charge in [0, 0.05) is 29.7 Å². The molecule has 0 aliphatic heterocycles. The van der Waals surface area contributed by atoms with Crippen molar-refractivity contribution in [2.45, 2.75) is 19.8 Å². The van der Waals surface area contributed by atoms with Gasteiger partial charge in [0.25, 0.3) is 5.91 Å². The molecule has 19 heavy (non-hydrogen) atoms. The number of amides is 1. The van der Waals surface area contributed by atoms with Gasteiger partial charge in [0.15, 0.2) is 5.69 Å². The van der Waals surface area contributed by atoms with Gasteiger partial charge in [-0.3, -0.25) is 9.69 Å². The Labute approximate surface area is 119 Å². The van der Waals surface area contributed by atoms with Crippen molar-refractivity contribution in [3.05, 3.63) is 40.3 Å². The van der Waals surface area contributed by atoms with E-state index in [0.717, 1.165) is 4.47 Å². The number of anilines is 1. The lowest BCUT2D eigenvalue weighted by atomic mass is 10.1. The van der Waals surface area contributed by atoms with Crippen LogP contribution in [-0.4, -0.2) is 23.1 Å². The number of nitrogens with zero attached hydrogens (tertiary/aromatic N) is 3. The number of carbonyl (C=O) groups is 1. The van der Waals surface area contributed by atoms with Crippen molar-refractivity contribution in [1.82, 2.24) is 10.1 Å². The zero-order chi connectivity index (χ0) is 14.0. The number of hydrogen-bond donors (Lipinski definition) is 0. The molecule has 0 saturated heterocycles. The number of rotatable bonds is 3. The van der Waals surface area contributed by atoms with Gasteiger partial charge >= 0.3 is 0 Å². The minimum absolute atomic E-state index is 0.199. The van der Waals surface area contributed by atoms with E-state index in [0.29, 0.717) is 11.6 Å². The van der Waals surface area contributed by atoms with E-state index < -0.39 is 0 Å². The van der Waals surface area contributed by atoms with Crippen molar-refractivity contribution >= 4 is 27.7 Å². The third-order valence-corrected chi connectivity index (χ3v) is 3.15. The molecule has 0 spiro atoms. The third-order valence-electron chi connectivity index (χ3n) is 2.68. The van der Waals surface area contributed by atoms with Gasteiger partial charge in [-0.25, -0.2) is 4.98 Å². The summed E-state index contributed by atoms with van der Waals surface area (Å²) in [5, 5.41) is 3.80. The number of aromatic nitrogens is 2. The molecule has 100 valence electrons. The molecular formula is C13H14BrN3O2. The maximum absolute atomic E-state index is 12.2. The van der Waals surface area contributed by atoms with Crippen LogP contribution in [0.5, 0.6) is 0 Å². The average Bonchev–Trinajstić information content (AvgIpc) is 2.87. The van der Waals surface area contributed by atoms with Crippen LogP contribution in [0.1, 0.15) is 36.0 Å². The standard InChI is InChI=1S/C13H14BrN3O2/c1-8(2)11-6-10(16-19-11)13(18)17(3)12-5-4-9(14)7-15-12/h4-8H,1-3H3. The van der Waals surface area contributed by atoms with Gasteiger partial charge in [-0.2, -0.15) is 0 Å². The van der Waals surface area contributed by atoms with Crippen molar-refractivity contribution in [1.29, 1.82) is 0 Å². The summed E-state index contributed by atoms with van der Waals surface area (Å²) in [7, 11) is 1.66. The fraction of sp³-hybridized carbons (Fsp3) is 0.308. The molecule has 1 amide bonds. The Morgan fingerprint density at radius 3 is 2.68 bits per heavy atom. The SMILES string of the molecule is CC(C)c1cc(C(=O)N(C)c2ccc(Br)cn2)no1. The molecule has 5 nitrogen and oxygen atoms in total. The Morgan fingerprint density at radius 2 is 2.16 bits per heavy atom. The molecule has 0 saturated carbocycles. The van der Waals surface area contributed by atoms with E-state index in [1.807, 2.05) is 19.9 Å². The molecule has 6 heteroatoms. The summed E-state index contributed by atoms with van der Waals surface area (Å²) in [6, 6.07) is 5.25. The lowest BCUT2D eigenvalue weighted by Gasteiger charge is -2.14. The van der Waals surface area contributed by atoms with Crippen molar-refractivity contribution < 1.29 is 9.32 Å². The average molecular weight is 324 g/mol. The fourth-order valence-electron chi connectivity index (χ4n) is 1.50. The van der Waals surface area contributed by atoms with Crippen LogP contribution in [0, 0.1) is 0 Å². The smallest absolute Gasteiger partial charge is 0.281 e. The molecule has 0 bridgehead atoms. The molecule has 2 aromatic heterocycles. The Kier molecular flexibility index (Phi) is 3.99. The highest BCUT2D eigenvalue weighted by molar-refractivity contribution is 9.10. The van der Waals surface area contributed by atoms with E-state index in [1.54, 1.807) is 25.4 Å². The largest absolute Gasteiger partial charge is 0.360 e. The second-order valence-electron chi connectivity index (χ2n) is 4.47. The molecule has 0 aromatic carbocycles. The summed E-state index contributed by atoms with van der Waals surface area (Å²) in [6.07, 6.45) is 1.64. The summed E-state index contributed by atoms with van der Waals surface area (Å²) in [4.78, 5) is 17.8. The van der Waals surface area contributed by atoms with Gasteiger partial charge in [-0.05, 0) is 28.1 Å². The Bertz CT molecular complexity index is 578. The second kappa shape index (κ2) is 5.52. The Hall–Kier alpha value is -1.69. The Morgan fingerprint density at radius 1 is 1.42 bits per heavy atom. The minimum atomic E-state index is -0.245. The lowest BCUT2D eigenvalue weighted by molar-refractivity contribution is 0.0983. The molecule has 0 aliphatic rings. The van der Waals surface area contributed by atoms with E-state index in [4.69, 9.17) is 4.52 Å². The second-order valence-corrected chi connectivity index (χ2v) is 5.38. The summed E-state index contributed by atoms with van der Waals surface area (Å²) >= 11 is 3.30. The number of halogens is 1. The molecule has 2 aromatic rings. The van der Waals surface area contributed by atoms with Crippen LogP contribution in [0.2, 0.25) is 0 Å². The monoisotopic (exact) mass is 323 g/mol. The van der Waals surface area contributed by atoms with E-state index in [1.165, 1.54) is 4.90 Å². The minimum Gasteiger partial charge on any atom is -0.360 e. The van der Waals surface area contributed by atoms with Gasteiger partial charge in [-0.15, -0.1) is 0 Å². The van der Waals surface area contributed by atoms with Crippen molar-refractivity contribution in [2.24, 2.45) is 0 Å². The highest BCUT2D eigenvalue weighted by atomic mass is 79.9. The summed E-state index contributed by atoms with van der Waals surface area (Å²) in [5.41, 5.74) is 0.288. The highest BCUT2D eigenvalue weighted by Crippen LogP contribution is 2.18. The van der Waals surface area contributed by atoms with Crippen molar-refractivity contribution in [3.8, 4) is 0 Å². The molecule has 0 N–H and O–H groups in total. The molecule has 2 rings (SSSR count). The van der Waals surface area contributed by atoms with Crippen LogP contribution in [0.4, 0.5) is 5.82 Å². The maximum atomic E-state index is 12.2. The normalized spacial score (nSPS) is 10.8. The summed E-state index contributed by atoms with van der Waals surface area (Å²) in [5.74, 6) is 1.21. The maximum Gasteiger partial charge on any atom is 0.281 e. The predicted octanol–water partition coefficient (Wildman–Crippen LogP) is 3.23. The molecule has 0 atom stereocenters. The molecular weight excluding hydrogens is 310 g/mol. The van der Waals surface area contributed by atoms with E-state index in [2.05, 4.69) is 26.1 Å². The first-order valence-electron chi connectivity index (χ1n) is 5.85. The molecule has 0 aliphatic carbocycles. The highest BCUT2D eigenvalue weighted by Gasteiger charge is 2.19. The predicted molar refractivity (Wildman–Crippen MR) is 75.3 cm³/mol. The van der Waals surface area contributed by atoms with Gasteiger partial charge < -0.3 is 4.52 Å². The number of hydrogen-bond acceptors (Lipinski definition) is 4. The lowest BCUT2D eigenvalue weighted by Crippen LogP contribution is -2.27. The number of carbonyl (C=O) groups excluding carboxylic acids is 1. The van der Waals surface area contributed by atoms with E-state index >= 15 is 0 Å². The van der Waals surface area contributed by atoms with Crippen LogP contribution >= 0.6 is 15.9 Å². The molecule has 0 fully saturated rings. The first-order valence-corrected chi connectivity index (χ1v) is 6.64. The van der Waals surface area contributed by atoms with Crippen LogP contribution in [-0.2, 0) is 0 Å². The zero-order valence-corrected chi connectivity index (χ0v) is 12.5. The Balaban J connectivity index is 2.20. The summed E-state index contributed by atoms with van der Waals surface area (Å²) in [6.45, 7) is 3.96. The van der Waals surface area contributed by atoms with E-state index in [-0.39, 0.29) is 17.5 Å². The quantitative estimate of drug-likeness (QED) is 0.870. The first-order chi connectivity index (χ1) is 8.99. The van der Waals surface area contributed by atoms with Gasteiger partial charge in [0.2, 0.25) is 0 Å². The summed E-state index contributed by atoms with van der Waals surface area (Å²) < 4.78 is 5.99.